The van der Waals surface area contributed by atoms with Gasteiger partial charge in [-0.1, -0.05) is 0 Å². The van der Waals surface area contributed by atoms with Crippen LogP contribution in [0, 0.1) is 0 Å². The van der Waals surface area contributed by atoms with Crippen LogP contribution in [0.5, 0.6) is 0 Å². The van der Waals surface area contributed by atoms with Gasteiger partial charge < -0.3 is 10.6 Å². The maximum absolute atomic E-state index is 11.6. The van der Waals surface area contributed by atoms with E-state index in [1.54, 1.807) is 32.3 Å². The van der Waals surface area contributed by atoms with E-state index in [1.165, 1.54) is 11.8 Å². The molecule has 0 aromatic heterocycles. The minimum Gasteiger partial charge on any atom is -0.399 e. The summed E-state index contributed by atoms with van der Waals surface area (Å²) in [5.74, 6) is -0.264. The van der Waals surface area contributed by atoms with Gasteiger partial charge in [0, 0.05) is 30.9 Å². The molecule has 0 atom stereocenters. The number of hydrogen-bond donors (Lipinski definition) is 1. The predicted molar refractivity (Wildman–Crippen MR) is 58.9 cm³/mol. The smallest absolute Gasteiger partial charge is 0.253 e. The number of rotatable bonds is 2. The van der Waals surface area contributed by atoms with Crippen molar-refractivity contribution in [2.24, 2.45) is 0 Å². The average molecular weight is 206 g/mol. The highest BCUT2D eigenvalue weighted by atomic mass is 16.2. The first-order valence-electron chi connectivity index (χ1n) is 4.55. The second kappa shape index (κ2) is 4.13. The summed E-state index contributed by atoms with van der Waals surface area (Å²) in [5, 5.41) is 0. The summed E-state index contributed by atoms with van der Waals surface area (Å²) in [6.07, 6.45) is 0. The first kappa shape index (κ1) is 11.2. The molecule has 1 aromatic carbocycles. The molecule has 0 saturated heterocycles. The molecule has 1 rings (SSSR count). The number of nitrogens with zero attached hydrogens (tertiary/aromatic N) is 1. The number of carbonyl (C=O) groups excluding carboxylic acids is 2. The Bertz CT molecular complexity index is 411. The third-order valence-corrected chi connectivity index (χ3v) is 2.01. The van der Waals surface area contributed by atoms with Crippen LogP contribution < -0.4 is 5.73 Å². The van der Waals surface area contributed by atoms with Crippen molar-refractivity contribution in [2.75, 3.05) is 19.8 Å². The Balaban J connectivity index is 3.20. The zero-order chi connectivity index (χ0) is 11.6. The fourth-order valence-corrected chi connectivity index (χ4v) is 1.24. The lowest BCUT2D eigenvalue weighted by Crippen LogP contribution is -2.22. The highest BCUT2D eigenvalue weighted by Gasteiger charge is 2.11. The fraction of sp³-hybridized carbons (Fsp3) is 0.273. The van der Waals surface area contributed by atoms with Crippen molar-refractivity contribution in [2.45, 2.75) is 6.92 Å². The van der Waals surface area contributed by atoms with Gasteiger partial charge in [0.25, 0.3) is 5.91 Å². The number of nitrogens with two attached hydrogens (primary N) is 1. The monoisotopic (exact) mass is 206 g/mol. The van der Waals surface area contributed by atoms with Gasteiger partial charge in [0.05, 0.1) is 0 Å². The molecule has 15 heavy (non-hydrogen) atoms. The molecule has 0 radical (unpaired) electrons. The van der Waals surface area contributed by atoms with Crippen LogP contribution in [0.1, 0.15) is 27.6 Å². The Morgan fingerprint density at radius 2 is 1.67 bits per heavy atom. The average Bonchev–Trinajstić information content (AvgIpc) is 2.15. The second-order valence-corrected chi connectivity index (χ2v) is 3.60. The van der Waals surface area contributed by atoms with Crippen molar-refractivity contribution >= 4 is 17.4 Å². The van der Waals surface area contributed by atoms with Crippen LogP contribution in [0.25, 0.3) is 0 Å². The lowest BCUT2D eigenvalue weighted by atomic mass is 10.1. The summed E-state index contributed by atoms with van der Waals surface area (Å²) < 4.78 is 0. The van der Waals surface area contributed by atoms with Gasteiger partial charge in [-0.15, -0.1) is 0 Å². The molecule has 0 bridgehead atoms. The SMILES string of the molecule is CC(=O)c1cc(N)cc(C(=O)N(C)C)c1. The zero-order valence-electron chi connectivity index (χ0n) is 9.07. The van der Waals surface area contributed by atoms with E-state index in [0.29, 0.717) is 16.8 Å². The number of anilines is 1. The molecular formula is C11H14N2O2. The summed E-state index contributed by atoms with van der Waals surface area (Å²) in [7, 11) is 3.30. The molecule has 2 N–H and O–H groups in total. The van der Waals surface area contributed by atoms with Crippen LogP contribution in [-0.2, 0) is 0 Å². The summed E-state index contributed by atoms with van der Waals surface area (Å²) in [6, 6.07) is 4.69. The Morgan fingerprint density at radius 1 is 1.13 bits per heavy atom. The highest BCUT2D eigenvalue weighted by molar-refractivity contribution is 6.00. The van der Waals surface area contributed by atoms with Gasteiger partial charge in [-0.2, -0.15) is 0 Å². The molecule has 1 aromatic rings. The van der Waals surface area contributed by atoms with Crippen molar-refractivity contribution in [1.29, 1.82) is 0 Å². The number of ketones is 1. The largest absolute Gasteiger partial charge is 0.399 e. The van der Waals surface area contributed by atoms with Crippen molar-refractivity contribution in [3.05, 3.63) is 29.3 Å². The van der Waals surface area contributed by atoms with E-state index in [2.05, 4.69) is 0 Å². The Hall–Kier alpha value is -1.84. The van der Waals surface area contributed by atoms with E-state index >= 15 is 0 Å². The van der Waals surface area contributed by atoms with Gasteiger partial charge in [-0.25, -0.2) is 0 Å². The van der Waals surface area contributed by atoms with Crippen molar-refractivity contribution in [3.63, 3.8) is 0 Å². The van der Waals surface area contributed by atoms with Crippen molar-refractivity contribution in [3.8, 4) is 0 Å². The first-order chi connectivity index (χ1) is 6.91. The molecule has 4 nitrogen and oxygen atoms in total. The zero-order valence-corrected chi connectivity index (χ0v) is 9.07. The maximum atomic E-state index is 11.6. The van der Waals surface area contributed by atoms with E-state index in [1.807, 2.05) is 0 Å². The van der Waals surface area contributed by atoms with Crippen LogP contribution >= 0.6 is 0 Å². The molecule has 0 spiro atoms. The molecule has 0 aliphatic rings. The van der Waals surface area contributed by atoms with Gasteiger partial charge in [0.2, 0.25) is 0 Å². The quantitative estimate of drug-likeness (QED) is 0.583. The third kappa shape index (κ3) is 2.56. The molecule has 0 heterocycles. The lowest BCUT2D eigenvalue weighted by Gasteiger charge is -2.11. The Labute approximate surface area is 88.7 Å². The van der Waals surface area contributed by atoms with Crippen LogP contribution in [-0.4, -0.2) is 30.7 Å². The van der Waals surface area contributed by atoms with Gasteiger partial charge >= 0.3 is 0 Å². The molecule has 80 valence electrons. The van der Waals surface area contributed by atoms with Crippen LogP contribution in [0.3, 0.4) is 0 Å². The topological polar surface area (TPSA) is 63.4 Å². The molecule has 0 aliphatic carbocycles. The van der Waals surface area contributed by atoms with Crippen LogP contribution in [0.2, 0.25) is 0 Å². The number of hydrogen-bond acceptors (Lipinski definition) is 3. The van der Waals surface area contributed by atoms with Gasteiger partial charge in [-0.05, 0) is 25.1 Å². The lowest BCUT2D eigenvalue weighted by molar-refractivity contribution is 0.0827. The summed E-state index contributed by atoms with van der Waals surface area (Å²) in [4.78, 5) is 24.2. The maximum Gasteiger partial charge on any atom is 0.253 e. The Morgan fingerprint density at radius 3 is 2.13 bits per heavy atom. The summed E-state index contributed by atoms with van der Waals surface area (Å²) in [6.45, 7) is 1.44. The number of benzene rings is 1. The number of amides is 1. The fourth-order valence-electron chi connectivity index (χ4n) is 1.24. The molecule has 1 amide bonds. The van der Waals surface area contributed by atoms with Crippen LogP contribution in [0.4, 0.5) is 5.69 Å². The molecule has 0 unspecified atom stereocenters. The molecule has 0 fully saturated rings. The van der Waals surface area contributed by atoms with Gasteiger partial charge in [0.1, 0.15) is 0 Å². The van der Waals surface area contributed by atoms with E-state index in [0.717, 1.165) is 0 Å². The van der Waals surface area contributed by atoms with Crippen LogP contribution in [0.15, 0.2) is 18.2 Å². The normalized spacial score (nSPS) is 9.80. The molecule has 0 saturated carbocycles. The second-order valence-electron chi connectivity index (χ2n) is 3.60. The minimum absolute atomic E-state index is 0.102. The standard InChI is InChI=1S/C11H14N2O2/c1-7(14)8-4-9(6-10(12)5-8)11(15)13(2)3/h4-6H,12H2,1-3H3. The number of carbonyl (C=O) groups is 2. The molecule has 0 aliphatic heterocycles. The third-order valence-electron chi connectivity index (χ3n) is 2.01. The number of Topliss-reactive ketones (excluding diaryl/α,β-unsaturated/α-hetero) is 1. The van der Waals surface area contributed by atoms with Crippen molar-refractivity contribution < 1.29 is 9.59 Å². The van der Waals surface area contributed by atoms with E-state index in [9.17, 15) is 9.59 Å². The van der Waals surface area contributed by atoms with Gasteiger partial charge in [0.15, 0.2) is 5.78 Å². The predicted octanol–water partition coefficient (Wildman–Crippen LogP) is 1.17. The summed E-state index contributed by atoms with van der Waals surface area (Å²) >= 11 is 0. The summed E-state index contributed by atoms with van der Waals surface area (Å²) in [5.41, 5.74) is 6.93. The molecular weight excluding hydrogens is 192 g/mol. The molecule has 4 heteroatoms. The highest BCUT2D eigenvalue weighted by Crippen LogP contribution is 2.13. The first-order valence-corrected chi connectivity index (χ1v) is 4.55. The van der Waals surface area contributed by atoms with E-state index < -0.39 is 0 Å². The van der Waals surface area contributed by atoms with E-state index in [-0.39, 0.29) is 11.7 Å². The minimum atomic E-state index is -0.162. The van der Waals surface area contributed by atoms with Crippen molar-refractivity contribution in [1.82, 2.24) is 4.90 Å². The Kier molecular flexibility index (Phi) is 3.09. The number of nitrogen functional groups attached to an aromatic ring is 1. The van der Waals surface area contributed by atoms with Gasteiger partial charge in [-0.3, -0.25) is 9.59 Å². The van der Waals surface area contributed by atoms with E-state index in [4.69, 9.17) is 5.73 Å².